The third kappa shape index (κ3) is 2.66. The van der Waals surface area contributed by atoms with E-state index in [4.69, 9.17) is 14.9 Å². The minimum absolute atomic E-state index is 0.140. The molecule has 0 unspecified atom stereocenters. The van der Waals surface area contributed by atoms with Gasteiger partial charge in [-0.2, -0.15) is 0 Å². The molecular weight excluding hydrogens is 172 g/mol. The summed E-state index contributed by atoms with van der Waals surface area (Å²) in [5, 5.41) is 18.1. The molecule has 1 aromatic rings. The lowest BCUT2D eigenvalue weighted by atomic mass is 10.3. The molecule has 1 aromatic carbocycles. The van der Waals surface area contributed by atoms with Gasteiger partial charge in [0.05, 0.1) is 0 Å². The molecule has 0 saturated heterocycles. The molecule has 0 aromatic heterocycles. The number of hydrogen-bond donors (Lipinski definition) is 2. The lowest BCUT2D eigenvalue weighted by molar-refractivity contribution is -0.134. The molecule has 0 bridgehead atoms. The molecule has 0 atom stereocenters. The van der Waals surface area contributed by atoms with Gasteiger partial charge in [-0.15, -0.1) is 0 Å². The number of carbonyl (C=O) groups is 1. The number of phenols is 2. The number of hydrogen-bond acceptors (Lipinski definition) is 4. The van der Waals surface area contributed by atoms with Gasteiger partial charge in [0, 0.05) is 24.6 Å². The van der Waals surface area contributed by atoms with Crippen LogP contribution >= 0.6 is 0 Å². The predicted molar refractivity (Wildman–Crippen MR) is 45.7 cm³/mol. The molecule has 0 saturated carbocycles. The lowest BCUT2D eigenvalue weighted by Crippen LogP contribution is -2.05. The van der Waals surface area contributed by atoms with Crippen LogP contribution in [0.5, 0.6) is 17.2 Å². The average molecular weight is 182 g/mol. The van der Waals surface area contributed by atoms with Crippen molar-refractivity contribution < 1.29 is 19.7 Å². The van der Waals surface area contributed by atoms with Crippen molar-refractivity contribution in [2.45, 2.75) is 13.3 Å². The Balaban J connectivity index is 2.83. The van der Waals surface area contributed by atoms with Crippen LogP contribution in [-0.2, 0) is 4.79 Å². The maximum atomic E-state index is 10.8. The summed E-state index contributed by atoms with van der Waals surface area (Å²) < 4.78 is 4.77. The summed E-state index contributed by atoms with van der Waals surface area (Å²) in [6, 6.07) is 3.67. The molecule has 0 aliphatic carbocycles. The summed E-state index contributed by atoms with van der Waals surface area (Å²) in [5.41, 5.74) is 0. The number of benzene rings is 1. The molecule has 4 heteroatoms. The Morgan fingerprint density at radius 1 is 1.31 bits per heavy atom. The fourth-order valence-electron chi connectivity index (χ4n) is 0.831. The second kappa shape index (κ2) is 3.80. The van der Waals surface area contributed by atoms with Crippen molar-refractivity contribution in [1.82, 2.24) is 0 Å². The largest absolute Gasteiger partial charge is 0.508 e. The molecule has 4 nitrogen and oxygen atoms in total. The van der Waals surface area contributed by atoms with Gasteiger partial charge in [0.25, 0.3) is 0 Å². The number of aromatic hydroxyl groups is 2. The van der Waals surface area contributed by atoms with Gasteiger partial charge >= 0.3 is 5.97 Å². The second-order valence-electron chi connectivity index (χ2n) is 2.51. The van der Waals surface area contributed by atoms with Crippen molar-refractivity contribution in [3.8, 4) is 17.2 Å². The molecule has 0 aliphatic rings. The monoisotopic (exact) mass is 182 g/mol. The second-order valence-corrected chi connectivity index (χ2v) is 2.51. The number of rotatable bonds is 2. The van der Waals surface area contributed by atoms with E-state index < -0.39 is 5.97 Å². The zero-order valence-corrected chi connectivity index (χ0v) is 7.15. The van der Waals surface area contributed by atoms with Crippen molar-refractivity contribution in [3.63, 3.8) is 0 Å². The maximum Gasteiger partial charge on any atom is 0.310 e. The highest BCUT2D eigenvalue weighted by atomic mass is 16.5. The molecular formula is C9H10O4. The van der Waals surface area contributed by atoms with Crippen LogP contribution in [0.15, 0.2) is 18.2 Å². The van der Waals surface area contributed by atoms with Gasteiger partial charge in [-0.25, -0.2) is 0 Å². The van der Waals surface area contributed by atoms with Crippen LogP contribution in [0.1, 0.15) is 13.3 Å². The SMILES string of the molecule is CCC(=O)Oc1cc(O)cc(O)c1. The van der Waals surface area contributed by atoms with E-state index in [-0.39, 0.29) is 23.7 Å². The van der Waals surface area contributed by atoms with Crippen LogP contribution in [0, 0.1) is 0 Å². The summed E-state index contributed by atoms with van der Waals surface area (Å²) in [5.74, 6) is -0.549. The van der Waals surface area contributed by atoms with E-state index in [0.717, 1.165) is 6.07 Å². The summed E-state index contributed by atoms with van der Waals surface area (Å²) in [6.45, 7) is 1.66. The van der Waals surface area contributed by atoms with Gasteiger partial charge in [0.2, 0.25) is 0 Å². The molecule has 70 valence electrons. The molecule has 0 radical (unpaired) electrons. The zero-order valence-electron chi connectivity index (χ0n) is 7.15. The number of esters is 1. The van der Waals surface area contributed by atoms with Crippen molar-refractivity contribution in [3.05, 3.63) is 18.2 Å². The quantitative estimate of drug-likeness (QED) is 0.536. The summed E-state index contributed by atoms with van der Waals surface area (Å²) in [4.78, 5) is 10.8. The Hall–Kier alpha value is -1.71. The van der Waals surface area contributed by atoms with Gasteiger partial charge < -0.3 is 14.9 Å². The number of carbonyl (C=O) groups excluding carboxylic acids is 1. The highest BCUT2D eigenvalue weighted by Crippen LogP contribution is 2.25. The van der Waals surface area contributed by atoms with E-state index in [1.807, 2.05) is 0 Å². The topological polar surface area (TPSA) is 66.8 Å². The van der Waals surface area contributed by atoms with Crippen molar-refractivity contribution in [1.29, 1.82) is 0 Å². The fraction of sp³-hybridized carbons (Fsp3) is 0.222. The fourth-order valence-corrected chi connectivity index (χ4v) is 0.831. The first kappa shape index (κ1) is 9.38. The summed E-state index contributed by atoms with van der Waals surface area (Å²) >= 11 is 0. The van der Waals surface area contributed by atoms with Crippen LogP contribution in [0.3, 0.4) is 0 Å². The molecule has 13 heavy (non-hydrogen) atoms. The van der Waals surface area contributed by atoms with Crippen LogP contribution in [0.4, 0.5) is 0 Å². The Bertz CT molecular complexity index is 299. The van der Waals surface area contributed by atoms with Crippen LogP contribution in [0.25, 0.3) is 0 Å². The first-order valence-electron chi connectivity index (χ1n) is 3.85. The van der Waals surface area contributed by atoms with E-state index in [1.165, 1.54) is 12.1 Å². The van der Waals surface area contributed by atoms with Gasteiger partial charge in [0.15, 0.2) is 0 Å². The number of phenolic OH excluding ortho intramolecular Hbond substituents is 2. The molecule has 0 aliphatic heterocycles. The Kier molecular flexibility index (Phi) is 2.74. The standard InChI is InChI=1S/C9H10O4/c1-2-9(12)13-8-4-6(10)3-7(11)5-8/h3-5,10-11H,2H2,1H3. The van der Waals surface area contributed by atoms with Crippen LogP contribution in [-0.4, -0.2) is 16.2 Å². The maximum absolute atomic E-state index is 10.8. The van der Waals surface area contributed by atoms with E-state index >= 15 is 0 Å². The average Bonchev–Trinajstić information content (AvgIpc) is 2.02. The summed E-state index contributed by atoms with van der Waals surface area (Å²) in [7, 11) is 0. The molecule has 0 heterocycles. The third-order valence-electron chi connectivity index (χ3n) is 1.40. The van der Waals surface area contributed by atoms with Gasteiger partial charge in [-0.3, -0.25) is 4.79 Å². The highest BCUT2D eigenvalue weighted by molar-refractivity contribution is 5.72. The molecule has 1 rings (SSSR count). The van der Waals surface area contributed by atoms with E-state index in [2.05, 4.69) is 0 Å². The van der Waals surface area contributed by atoms with E-state index in [1.54, 1.807) is 6.92 Å². The Labute approximate surface area is 75.4 Å². The van der Waals surface area contributed by atoms with Crippen molar-refractivity contribution >= 4 is 5.97 Å². The normalized spacial score (nSPS) is 9.62. The molecule has 0 amide bonds. The van der Waals surface area contributed by atoms with Crippen LogP contribution in [0.2, 0.25) is 0 Å². The Morgan fingerprint density at radius 3 is 2.31 bits per heavy atom. The van der Waals surface area contributed by atoms with Gasteiger partial charge in [-0.1, -0.05) is 6.92 Å². The summed E-state index contributed by atoms with van der Waals surface area (Å²) in [6.07, 6.45) is 0.246. The van der Waals surface area contributed by atoms with Crippen molar-refractivity contribution in [2.75, 3.05) is 0 Å². The van der Waals surface area contributed by atoms with Crippen molar-refractivity contribution in [2.24, 2.45) is 0 Å². The first-order valence-corrected chi connectivity index (χ1v) is 3.85. The molecule has 0 spiro atoms. The molecule has 2 N–H and O–H groups in total. The zero-order chi connectivity index (χ0) is 9.84. The van der Waals surface area contributed by atoms with E-state index in [0.29, 0.717) is 0 Å². The van der Waals surface area contributed by atoms with E-state index in [9.17, 15) is 4.79 Å². The van der Waals surface area contributed by atoms with Gasteiger partial charge in [-0.05, 0) is 0 Å². The van der Waals surface area contributed by atoms with Crippen LogP contribution < -0.4 is 4.74 Å². The third-order valence-corrected chi connectivity index (χ3v) is 1.40. The number of ether oxygens (including phenoxy) is 1. The molecule has 0 fully saturated rings. The smallest absolute Gasteiger partial charge is 0.310 e. The van der Waals surface area contributed by atoms with Gasteiger partial charge in [0.1, 0.15) is 17.2 Å². The minimum Gasteiger partial charge on any atom is -0.508 e. The Morgan fingerprint density at radius 2 is 1.85 bits per heavy atom. The predicted octanol–water partition coefficient (Wildman–Crippen LogP) is 1.41. The minimum atomic E-state index is -0.412. The highest BCUT2D eigenvalue weighted by Gasteiger charge is 2.04. The lowest BCUT2D eigenvalue weighted by Gasteiger charge is -2.03. The first-order chi connectivity index (χ1) is 6.11.